The molecular formula is C31H41N5O8S. The molecule has 0 radical (unpaired) electrons. The molecule has 2 aromatic carbocycles. The zero-order valence-corrected chi connectivity index (χ0v) is 27.6. The Morgan fingerprint density at radius 1 is 0.956 bits per heavy atom. The van der Waals surface area contributed by atoms with E-state index in [2.05, 4.69) is 9.97 Å². The zero-order chi connectivity index (χ0) is 32.7. The minimum atomic E-state index is -4.09. The van der Waals surface area contributed by atoms with Crippen molar-refractivity contribution in [2.24, 2.45) is 0 Å². The number of H-pyrrole nitrogens is 1. The standard InChI is InChI=1S/C31H41N5O8S/c1-8-11-24-30-33-29(34-31(37)36(30)20(3)32-24)23-18-22(12-13-25(23)44-9-2)45(38,39)35(14-10-15-40-4)19-21-16-26(41-5)28(43-7)27(17-21)42-6/h12-13,16-18H,8-11,14-15,19H2,1-7H3,(H,33,34,37). The number of rotatable bonds is 16. The van der Waals surface area contributed by atoms with E-state index >= 15 is 0 Å². The lowest BCUT2D eigenvalue weighted by Crippen LogP contribution is -2.32. The van der Waals surface area contributed by atoms with Crippen LogP contribution in [0.1, 0.15) is 43.8 Å². The molecule has 0 amide bonds. The van der Waals surface area contributed by atoms with Crippen LogP contribution in [0.2, 0.25) is 0 Å². The quantitative estimate of drug-likeness (QED) is 0.178. The van der Waals surface area contributed by atoms with Gasteiger partial charge in [-0.15, -0.1) is 0 Å². The summed E-state index contributed by atoms with van der Waals surface area (Å²) in [6, 6.07) is 7.99. The van der Waals surface area contributed by atoms with E-state index in [0.717, 1.165) is 6.42 Å². The van der Waals surface area contributed by atoms with Crippen LogP contribution < -0.4 is 24.6 Å². The third kappa shape index (κ3) is 7.08. The van der Waals surface area contributed by atoms with Gasteiger partial charge in [-0.1, -0.05) is 13.3 Å². The van der Waals surface area contributed by atoms with Crippen LogP contribution in [-0.2, 0) is 27.7 Å². The molecular weight excluding hydrogens is 602 g/mol. The van der Waals surface area contributed by atoms with Crippen molar-refractivity contribution in [1.29, 1.82) is 0 Å². The number of hydrogen-bond donors (Lipinski definition) is 1. The first kappa shape index (κ1) is 33.7. The molecule has 1 N–H and O–H groups in total. The first-order valence-corrected chi connectivity index (χ1v) is 16.1. The Hall–Kier alpha value is -4.14. The Labute approximate surface area is 263 Å². The molecule has 0 atom stereocenters. The van der Waals surface area contributed by atoms with Crippen molar-refractivity contribution < 1.29 is 32.1 Å². The van der Waals surface area contributed by atoms with Gasteiger partial charge in [0.2, 0.25) is 15.8 Å². The molecule has 2 aromatic heterocycles. The van der Waals surface area contributed by atoms with Gasteiger partial charge in [0, 0.05) is 26.8 Å². The van der Waals surface area contributed by atoms with Crippen molar-refractivity contribution >= 4 is 15.7 Å². The molecule has 4 aromatic rings. The largest absolute Gasteiger partial charge is 0.493 e. The van der Waals surface area contributed by atoms with E-state index in [4.69, 9.17) is 28.7 Å². The molecule has 0 spiro atoms. The van der Waals surface area contributed by atoms with Crippen molar-refractivity contribution in [1.82, 2.24) is 23.7 Å². The number of fused-ring (bicyclic) bond motifs is 1. The number of nitrogens with zero attached hydrogens (tertiary/aromatic N) is 4. The van der Waals surface area contributed by atoms with Gasteiger partial charge in [-0.05, 0) is 62.6 Å². The molecule has 0 aliphatic heterocycles. The van der Waals surface area contributed by atoms with Crippen molar-refractivity contribution in [2.75, 3.05) is 48.2 Å². The third-order valence-corrected chi connectivity index (χ3v) is 9.05. The number of nitrogens with one attached hydrogen (secondary N) is 1. The summed E-state index contributed by atoms with van der Waals surface area (Å²) < 4.78 is 58.8. The first-order chi connectivity index (χ1) is 21.6. The maximum Gasteiger partial charge on any atom is 0.334 e. The van der Waals surface area contributed by atoms with Crippen LogP contribution in [0.4, 0.5) is 0 Å². The predicted molar refractivity (Wildman–Crippen MR) is 169 cm³/mol. The van der Waals surface area contributed by atoms with Gasteiger partial charge in [0.1, 0.15) is 17.4 Å². The summed E-state index contributed by atoms with van der Waals surface area (Å²) in [7, 11) is 1.98. The van der Waals surface area contributed by atoms with Crippen molar-refractivity contribution in [3.63, 3.8) is 0 Å². The number of hydrogen-bond acceptors (Lipinski definition) is 10. The number of aryl methyl sites for hydroxylation is 2. The van der Waals surface area contributed by atoms with Gasteiger partial charge in [-0.3, -0.25) is 4.98 Å². The number of ether oxygens (including phenoxy) is 5. The second-order valence-electron chi connectivity index (χ2n) is 10.2. The van der Waals surface area contributed by atoms with E-state index in [1.54, 1.807) is 32.2 Å². The second kappa shape index (κ2) is 14.8. The van der Waals surface area contributed by atoms with Crippen LogP contribution in [0, 0.1) is 6.92 Å². The summed E-state index contributed by atoms with van der Waals surface area (Å²) in [4.78, 5) is 25.3. The molecule has 0 saturated carbocycles. The molecule has 244 valence electrons. The summed E-state index contributed by atoms with van der Waals surface area (Å²) in [6.45, 7) is 6.46. The SMILES string of the molecule is CCCc1nc(C)n2c(=O)[nH]c(-c3cc(S(=O)(=O)N(CCCOC)Cc4cc(OC)c(OC)c(OC)c4)ccc3OCC)nc12. The highest BCUT2D eigenvalue weighted by Gasteiger charge is 2.28. The van der Waals surface area contributed by atoms with Crippen LogP contribution in [0.15, 0.2) is 40.0 Å². The predicted octanol–water partition coefficient (Wildman–Crippen LogP) is 4.00. The molecule has 2 heterocycles. The number of benzene rings is 2. The smallest absolute Gasteiger partial charge is 0.334 e. The van der Waals surface area contributed by atoms with Crippen LogP contribution in [-0.4, -0.2) is 80.3 Å². The Morgan fingerprint density at radius 2 is 1.67 bits per heavy atom. The summed E-state index contributed by atoms with van der Waals surface area (Å²) in [5, 5.41) is 0. The maximum absolute atomic E-state index is 14.3. The topological polar surface area (TPSA) is 147 Å². The highest BCUT2D eigenvalue weighted by atomic mass is 32.2. The van der Waals surface area contributed by atoms with E-state index in [0.29, 0.717) is 77.3 Å². The maximum atomic E-state index is 14.3. The normalized spacial score (nSPS) is 11.7. The van der Waals surface area contributed by atoms with Gasteiger partial charge in [0.05, 0.1) is 44.1 Å². The van der Waals surface area contributed by atoms with Crippen molar-refractivity contribution in [3.05, 3.63) is 57.9 Å². The average Bonchev–Trinajstić information content (AvgIpc) is 3.35. The lowest BCUT2D eigenvalue weighted by atomic mass is 10.1. The van der Waals surface area contributed by atoms with Crippen LogP contribution in [0.25, 0.3) is 17.0 Å². The Balaban J connectivity index is 1.84. The Morgan fingerprint density at radius 3 is 2.27 bits per heavy atom. The van der Waals surface area contributed by atoms with E-state index < -0.39 is 15.7 Å². The van der Waals surface area contributed by atoms with Gasteiger partial charge < -0.3 is 23.7 Å². The zero-order valence-electron chi connectivity index (χ0n) is 26.8. The fourth-order valence-corrected chi connectivity index (χ4v) is 6.64. The van der Waals surface area contributed by atoms with Crippen molar-refractivity contribution in [2.45, 2.75) is 51.5 Å². The van der Waals surface area contributed by atoms with E-state index in [-0.39, 0.29) is 23.8 Å². The van der Waals surface area contributed by atoms with Crippen LogP contribution in [0.3, 0.4) is 0 Å². The number of imidazole rings is 1. The van der Waals surface area contributed by atoms with E-state index in [1.165, 1.54) is 42.2 Å². The summed E-state index contributed by atoms with van der Waals surface area (Å²) in [6.07, 6.45) is 1.91. The molecule has 0 aliphatic rings. The van der Waals surface area contributed by atoms with Gasteiger partial charge in [0.25, 0.3) is 0 Å². The summed E-state index contributed by atoms with van der Waals surface area (Å²) in [5.74, 6) is 2.31. The van der Waals surface area contributed by atoms with Crippen LogP contribution >= 0.6 is 0 Å². The lowest BCUT2D eigenvalue weighted by Gasteiger charge is -2.24. The molecule has 0 fully saturated rings. The number of aromatic amines is 1. The van der Waals surface area contributed by atoms with Gasteiger partial charge >= 0.3 is 5.69 Å². The number of aromatic nitrogens is 4. The van der Waals surface area contributed by atoms with E-state index in [1.807, 2.05) is 13.8 Å². The number of sulfonamides is 1. The molecule has 0 aliphatic carbocycles. The molecule has 4 rings (SSSR count). The Bertz CT molecular complexity index is 1780. The highest BCUT2D eigenvalue weighted by Crippen LogP contribution is 2.39. The van der Waals surface area contributed by atoms with E-state index in [9.17, 15) is 13.2 Å². The minimum Gasteiger partial charge on any atom is -0.493 e. The number of methoxy groups -OCH3 is 4. The molecule has 14 heteroatoms. The second-order valence-corrected chi connectivity index (χ2v) is 12.2. The molecule has 13 nitrogen and oxygen atoms in total. The average molecular weight is 644 g/mol. The van der Waals surface area contributed by atoms with Gasteiger partial charge in [-0.25, -0.2) is 27.6 Å². The van der Waals surface area contributed by atoms with Gasteiger partial charge in [-0.2, -0.15) is 4.31 Å². The molecule has 45 heavy (non-hydrogen) atoms. The van der Waals surface area contributed by atoms with Crippen LogP contribution in [0.5, 0.6) is 23.0 Å². The minimum absolute atomic E-state index is 0.00630. The lowest BCUT2D eigenvalue weighted by molar-refractivity contribution is 0.186. The third-order valence-electron chi connectivity index (χ3n) is 7.21. The molecule has 0 bridgehead atoms. The fourth-order valence-electron chi connectivity index (χ4n) is 5.14. The first-order valence-electron chi connectivity index (χ1n) is 14.7. The van der Waals surface area contributed by atoms with Crippen molar-refractivity contribution in [3.8, 4) is 34.4 Å². The molecule has 0 unspecified atom stereocenters. The summed E-state index contributed by atoms with van der Waals surface area (Å²) in [5.41, 5.74) is 1.66. The fraction of sp³-hybridized carbons (Fsp3) is 0.452. The summed E-state index contributed by atoms with van der Waals surface area (Å²) >= 11 is 0. The highest BCUT2D eigenvalue weighted by molar-refractivity contribution is 7.89. The molecule has 0 saturated heterocycles. The monoisotopic (exact) mass is 643 g/mol. The van der Waals surface area contributed by atoms with Gasteiger partial charge in [0.15, 0.2) is 17.1 Å². The Kier molecular flexibility index (Phi) is 11.1.